The van der Waals surface area contributed by atoms with Gasteiger partial charge in [-0.15, -0.1) is 0 Å². The molecule has 3 aromatic rings. The number of H-pyrrole nitrogens is 1. The molecule has 0 amide bonds. The number of nitrogens with one attached hydrogen (secondary N) is 1. The molecule has 0 unspecified atom stereocenters. The van der Waals surface area contributed by atoms with Gasteiger partial charge < -0.3 is 14.5 Å². The number of rotatable bonds is 5. The minimum atomic E-state index is -4.41. The zero-order valence-electron chi connectivity index (χ0n) is 14.1. The summed E-state index contributed by atoms with van der Waals surface area (Å²) in [5, 5.41) is 0.397. The van der Waals surface area contributed by atoms with E-state index in [0.29, 0.717) is 16.7 Å². The number of fused-ring (bicyclic) bond motifs is 1. The van der Waals surface area contributed by atoms with Crippen LogP contribution >= 0.6 is 0 Å². The van der Waals surface area contributed by atoms with E-state index in [-0.39, 0.29) is 23.4 Å². The average Bonchev–Trinajstić information content (AvgIpc) is 3.05. The maximum atomic E-state index is 12.9. The Kier molecular flexibility index (Phi) is 4.29. The van der Waals surface area contributed by atoms with Crippen molar-refractivity contribution < 1.29 is 22.6 Å². The van der Waals surface area contributed by atoms with E-state index < -0.39 is 12.8 Å². The fraction of sp³-hybridized carbons (Fsp3) is 0.333. The molecule has 142 valence electrons. The summed E-state index contributed by atoms with van der Waals surface area (Å²) >= 11 is 0. The van der Waals surface area contributed by atoms with Crippen molar-refractivity contribution in [3.8, 4) is 17.4 Å². The number of alkyl halides is 3. The van der Waals surface area contributed by atoms with Crippen LogP contribution in [0.1, 0.15) is 19.3 Å². The molecule has 1 fully saturated rings. The summed E-state index contributed by atoms with van der Waals surface area (Å²) in [4.78, 5) is 20.2. The summed E-state index contributed by atoms with van der Waals surface area (Å²) in [6.07, 6.45) is 0.0501. The standard InChI is InChI=1S/C18H16F3N3O3/c19-18(20,21)10-26-12-6-4-11(5-7-12)24-16(25)14-8-9-22-15(14)23-17(24)27-13-2-1-3-13/h4-9,13,22H,1-3,10H2. The molecule has 27 heavy (non-hydrogen) atoms. The topological polar surface area (TPSA) is 69.1 Å². The smallest absolute Gasteiger partial charge is 0.422 e. The molecule has 0 saturated heterocycles. The fourth-order valence-electron chi connectivity index (χ4n) is 2.78. The van der Waals surface area contributed by atoms with Gasteiger partial charge in [0.05, 0.1) is 11.1 Å². The Labute approximate surface area is 151 Å². The maximum absolute atomic E-state index is 12.9. The highest BCUT2D eigenvalue weighted by atomic mass is 19.4. The van der Waals surface area contributed by atoms with E-state index in [1.165, 1.54) is 28.8 Å². The van der Waals surface area contributed by atoms with Gasteiger partial charge in [0.15, 0.2) is 6.61 Å². The van der Waals surface area contributed by atoms with Crippen LogP contribution in [-0.4, -0.2) is 33.4 Å². The van der Waals surface area contributed by atoms with E-state index in [1.54, 1.807) is 12.3 Å². The molecule has 0 aliphatic heterocycles. The van der Waals surface area contributed by atoms with Crippen LogP contribution in [0.2, 0.25) is 0 Å². The number of hydrogen-bond donors (Lipinski definition) is 1. The minimum Gasteiger partial charge on any atom is -0.484 e. The van der Waals surface area contributed by atoms with Crippen LogP contribution in [0.25, 0.3) is 16.7 Å². The predicted molar refractivity (Wildman–Crippen MR) is 91.5 cm³/mol. The molecular weight excluding hydrogens is 363 g/mol. The maximum Gasteiger partial charge on any atom is 0.422 e. The Balaban J connectivity index is 1.70. The quantitative estimate of drug-likeness (QED) is 0.736. The van der Waals surface area contributed by atoms with Crippen LogP contribution in [0.15, 0.2) is 41.3 Å². The lowest BCUT2D eigenvalue weighted by atomic mass is 9.96. The lowest BCUT2D eigenvalue weighted by Crippen LogP contribution is -2.29. The fourth-order valence-corrected chi connectivity index (χ4v) is 2.78. The van der Waals surface area contributed by atoms with Crippen molar-refractivity contribution in [1.82, 2.24) is 14.5 Å². The van der Waals surface area contributed by atoms with Gasteiger partial charge >= 0.3 is 12.2 Å². The van der Waals surface area contributed by atoms with E-state index in [2.05, 4.69) is 9.97 Å². The molecule has 0 atom stereocenters. The SMILES string of the molecule is O=c1c2cc[nH]c2nc(OC2CCC2)n1-c1ccc(OCC(F)(F)F)cc1. The number of aromatic nitrogens is 3. The first-order valence-electron chi connectivity index (χ1n) is 8.47. The Morgan fingerprint density at radius 3 is 2.56 bits per heavy atom. The van der Waals surface area contributed by atoms with Crippen LogP contribution in [0, 0.1) is 0 Å². The lowest BCUT2D eigenvalue weighted by Gasteiger charge is -2.26. The van der Waals surface area contributed by atoms with Crippen molar-refractivity contribution in [3.05, 3.63) is 46.9 Å². The second-order valence-corrected chi connectivity index (χ2v) is 6.34. The summed E-state index contributed by atoms with van der Waals surface area (Å²) in [5.74, 6) is 0.0567. The molecule has 1 aliphatic carbocycles. The normalized spacial score (nSPS) is 14.9. The zero-order valence-corrected chi connectivity index (χ0v) is 14.1. The third-order valence-electron chi connectivity index (χ3n) is 4.38. The molecular formula is C18H16F3N3O3. The Bertz CT molecular complexity index is 1000. The van der Waals surface area contributed by atoms with Gasteiger partial charge in [-0.25, -0.2) is 4.57 Å². The van der Waals surface area contributed by atoms with E-state index in [4.69, 9.17) is 9.47 Å². The number of nitrogens with zero attached hydrogens (tertiary/aromatic N) is 2. The third kappa shape index (κ3) is 3.62. The average molecular weight is 379 g/mol. The molecule has 2 heterocycles. The van der Waals surface area contributed by atoms with Gasteiger partial charge in [-0.2, -0.15) is 18.2 Å². The van der Waals surface area contributed by atoms with Crippen molar-refractivity contribution >= 4 is 11.0 Å². The van der Waals surface area contributed by atoms with Gasteiger partial charge in [-0.05, 0) is 49.6 Å². The van der Waals surface area contributed by atoms with E-state index in [1.807, 2.05) is 0 Å². The first-order valence-corrected chi connectivity index (χ1v) is 8.47. The van der Waals surface area contributed by atoms with Crippen LogP contribution < -0.4 is 15.0 Å². The molecule has 1 saturated carbocycles. The van der Waals surface area contributed by atoms with Crippen molar-refractivity contribution in [2.45, 2.75) is 31.5 Å². The molecule has 1 aromatic carbocycles. The predicted octanol–water partition coefficient (Wildman–Crippen LogP) is 3.59. The van der Waals surface area contributed by atoms with Crippen LogP contribution in [-0.2, 0) is 0 Å². The summed E-state index contributed by atoms with van der Waals surface area (Å²) in [6.45, 7) is -1.38. The molecule has 0 spiro atoms. The third-order valence-corrected chi connectivity index (χ3v) is 4.38. The number of aromatic amines is 1. The van der Waals surface area contributed by atoms with Gasteiger partial charge in [0, 0.05) is 6.20 Å². The Morgan fingerprint density at radius 2 is 1.93 bits per heavy atom. The number of halogens is 3. The Morgan fingerprint density at radius 1 is 1.19 bits per heavy atom. The molecule has 0 radical (unpaired) electrons. The summed E-state index contributed by atoms with van der Waals surface area (Å²) in [5.41, 5.74) is 0.541. The highest BCUT2D eigenvalue weighted by Crippen LogP contribution is 2.27. The monoisotopic (exact) mass is 379 g/mol. The summed E-state index contributed by atoms with van der Waals surface area (Å²) in [6, 6.07) is 7.53. The van der Waals surface area contributed by atoms with Crippen molar-refractivity contribution in [1.29, 1.82) is 0 Å². The lowest BCUT2D eigenvalue weighted by molar-refractivity contribution is -0.153. The first-order chi connectivity index (χ1) is 12.9. The molecule has 0 bridgehead atoms. The molecule has 2 aromatic heterocycles. The second-order valence-electron chi connectivity index (χ2n) is 6.34. The first kappa shape index (κ1) is 17.4. The molecule has 1 aliphatic rings. The van der Waals surface area contributed by atoms with Gasteiger partial charge in [0.25, 0.3) is 5.56 Å². The molecule has 6 nitrogen and oxygen atoms in total. The van der Waals surface area contributed by atoms with Crippen LogP contribution in [0.4, 0.5) is 13.2 Å². The molecule has 9 heteroatoms. The zero-order chi connectivity index (χ0) is 19.0. The van der Waals surface area contributed by atoms with E-state index in [9.17, 15) is 18.0 Å². The van der Waals surface area contributed by atoms with Crippen molar-refractivity contribution in [3.63, 3.8) is 0 Å². The minimum absolute atomic E-state index is 0.00459. The Hall–Kier alpha value is -2.97. The van der Waals surface area contributed by atoms with Crippen LogP contribution in [0.3, 0.4) is 0 Å². The van der Waals surface area contributed by atoms with E-state index >= 15 is 0 Å². The van der Waals surface area contributed by atoms with Crippen molar-refractivity contribution in [2.24, 2.45) is 0 Å². The largest absolute Gasteiger partial charge is 0.484 e. The number of hydrogen-bond acceptors (Lipinski definition) is 4. The van der Waals surface area contributed by atoms with Gasteiger partial charge in [-0.1, -0.05) is 0 Å². The van der Waals surface area contributed by atoms with Gasteiger partial charge in [-0.3, -0.25) is 4.79 Å². The number of ether oxygens (including phenoxy) is 2. The number of benzene rings is 1. The highest BCUT2D eigenvalue weighted by Gasteiger charge is 2.28. The van der Waals surface area contributed by atoms with Crippen molar-refractivity contribution in [2.75, 3.05) is 6.61 Å². The molecule has 1 N–H and O–H groups in total. The summed E-state index contributed by atoms with van der Waals surface area (Å²) < 4.78 is 48.7. The van der Waals surface area contributed by atoms with Gasteiger partial charge in [0.2, 0.25) is 0 Å². The highest BCUT2D eigenvalue weighted by molar-refractivity contribution is 5.75. The van der Waals surface area contributed by atoms with Crippen LogP contribution in [0.5, 0.6) is 11.8 Å². The van der Waals surface area contributed by atoms with E-state index in [0.717, 1.165) is 19.3 Å². The summed E-state index contributed by atoms with van der Waals surface area (Å²) in [7, 11) is 0. The molecule has 4 rings (SSSR count). The second kappa shape index (κ2) is 6.64. The van der Waals surface area contributed by atoms with Gasteiger partial charge in [0.1, 0.15) is 17.5 Å².